The molecule has 9 nitrogen and oxygen atoms in total. The van der Waals surface area contributed by atoms with Gasteiger partial charge in [-0.05, 0) is 64.0 Å². The monoisotopic (exact) mass is 859 g/mol. The van der Waals surface area contributed by atoms with Gasteiger partial charge in [0.1, 0.15) is 17.3 Å². The van der Waals surface area contributed by atoms with E-state index in [0.29, 0.717) is 0 Å². The van der Waals surface area contributed by atoms with Gasteiger partial charge in [-0.15, -0.1) is 47.3 Å². The van der Waals surface area contributed by atoms with Gasteiger partial charge in [0.25, 0.3) is 0 Å². The summed E-state index contributed by atoms with van der Waals surface area (Å²) in [4.78, 5) is 27.0. The number of aromatic nitrogens is 5. The molecule has 1 radical (unpaired) electrons. The minimum absolute atomic E-state index is 0. The topological polar surface area (TPSA) is 68.9 Å². The minimum atomic E-state index is 0. The third-order valence-electron chi connectivity index (χ3n) is 9.05. The normalized spacial score (nSPS) is 13.0. The van der Waals surface area contributed by atoms with Crippen LogP contribution in [0.2, 0.25) is 0 Å². The summed E-state index contributed by atoms with van der Waals surface area (Å²) in [5, 5.41) is 0. The maximum absolute atomic E-state index is 4.63. The Morgan fingerprint density at radius 2 is 1.17 bits per heavy atom. The number of rotatable bonds is 8. The molecule has 263 valence electrons. The van der Waals surface area contributed by atoms with Crippen molar-refractivity contribution in [2.75, 3.05) is 32.7 Å². The van der Waals surface area contributed by atoms with Crippen LogP contribution in [0, 0.1) is 45.4 Å². The minimum Gasteiger partial charge on any atom is -0.500 e. The van der Waals surface area contributed by atoms with Crippen molar-refractivity contribution in [1.29, 1.82) is 0 Å². The fourth-order valence-corrected chi connectivity index (χ4v) is 6.39. The second-order valence-electron chi connectivity index (χ2n) is 12.3. The zero-order valence-corrected chi connectivity index (χ0v) is 31.3. The molecular weight excluding hydrogens is 823 g/mol. The van der Waals surface area contributed by atoms with Crippen LogP contribution >= 0.6 is 0 Å². The molecule has 0 fully saturated rings. The molecule has 10 heteroatoms. The maximum atomic E-state index is 4.63. The number of anilines is 6. The molecule has 0 atom stereocenters. The van der Waals surface area contributed by atoms with E-state index in [4.69, 9.17) is 0 Å². The van der Waals surface area contributed by atoms with Crippen LogP contribution < -0.4 is 19.6 Å². The summed E-state index contributed by atoms with van der Waals surface area (Å²) in [5.74, 6) is 1.90. The summed E-state index contributed by atoms with van der Waals surface area (Å²) < 4.78 is 2.07. The summed E-state index contributed by atoms with van der Waals surface area (Å²) >= 11 is 0. The first-order valence-electron chi connectivity index (χ1n) is 17.1. The summed E-state index contributed by atoms with van der Waals surface area (Å²) in [6.45, 7) is 10.2. The molecule has 0 aliphatic carbocycles. The molecule has 0 amide bonds. The number of para-hydroxylation sites is 2. The van der Waals surface area contributed by atoms with Gasteiger partial charge in [0, 0.05) is 67.7 Å². The first kappa shape index (κ1) is 34.9. The number of unbranched alkanes of at least 4 members (excludes halogenated alkanes) is 1. The third-order valence-corrected chi connectivity index (χ3v) is 9.05. The summed E-state index contributed by atoms with van der Waals surface area (Å²) in [7, 11) is 0. The second kappa shape index (κ2) is 15.8. The van der Waals surface area contributed by atoms with Crippen molar-refractivity contribution in [2.45, 2.75) is 26.7 Å². The first-order chi connectivity index (χ1) is 25.2. The fourth-order valence-electron chi connectivity index (χ4n) is 6.39. The SMILES string of the molecule is Cc1nc2c(-c3[c-]cccc3)nccn2c1C.[Ir].[c-]1ccccc1N1[CH-]N(CCCCN2[CH-]N(c3[c-]cccc3)c3ncccc32)c2cccnc21. The molecule has 0 unspecified atom stereocenters. The van der Waals surface area contributed by atoms with Gasteiger partial charge in [-0.2, -0.15) is 74.0 Å². The third kappa shape index (κ3) is 7.00. The standard InChI is InChI=1S/C28H24N6.C14H12N3.Ir/c1-3-11-23(12-4-1)33-21-31(25-15-9-17-29-27(25)33)19-7-8-20-32-22-34(24-13-5-2-6-14-24)28-26(32)16-10-18-30-28;1-10-11(2)17-9-8-15-13(14(17)16-10)12-6-4-3-5-7-12;/h1-6,9-11,13,15-18,21-22H,7-8,19-20H2;3-6,8-9H,1-2H3;/q-4;-1;. The average Bonchev–Trinajstić information content (AvgIpc) is 3.85. The molecule has 52 heavy (non-hydrogen) atoms. The van der Waals surface area contributed by atoms with Crippen molar-refractivity contribution < 1.29 is 20.1 Å². The Hall–Kier alpha value is -5.57. The Kier molecular flexibility index (Phi) is 10.6. The van der Waals surface area contributed by atoms with E-state index >= 15 is 0 Å². The molecule has 0 spiro atoms. The van der Waals surface area contributed by atoms with Crippen LogP contribution in [0.4, 0.5) is 34.4 Å². The molecule has 0 saturated heterocycles. The first-order valence-corrected chi connectivity index (χ1v) is 17.1. The largest absolute Gasteiger partial charge is 0.500 e. The molecule has 3 aromatic carbocycles. The predicted octanol–water partition coefficient (Wildman–Crippen LogP) is 8.52. The molecule has 0 saturated carbocycles. The molecule has 0 bridgehead atoms. The number of imidazole rings is 1. The van der Waals surface area contributed by atoms with Gasteiger partial charge in [0.2, 0.25) is 0 Å². The quantitative estimate of drug-likeness (QED) is 0.111. The van der Waals surface area contributed by atoms with E-state index in [1.807, 2.05) is 98.3 Å². The Morgan fingerprint density at radius 3 is 1.69 bits per heavy atom. The molecule has 9 rings (SSSR count). The van der Waals surface area contributed by atoms with Crippen molar-refractivity contribution in [1.82, 2.24) is 24.3 Å². The fraction of sp³-hybridized carbons (Fsp3) is 0.143. The van der Waals surface area contributed by atoms with Gasteiger partial charge in [-0.1, -0.05) is 0 Å². The van der Waals surface area contributed by atoms with Crippen molar-refractivity contribution in [3.05, 3.63) is 165 Å². The van der Waals surface area contributed by atoms with Crippen molar-refractivity contribution in [3.63, 3.8) is 0 Å². The number of aryl methyl sites for hydroxylation is 2. The van der Waals surface area contributed by atoms with Crippen molar-refractivity contribution in [2.24, 2.45) is 0 Å². The number of nitrogens with zero attached hydrogens (tertiary/aromatic N) is 9. The van der Waals surface area contributed by atoms with Crippen LogP contribution in [0.5, 0.6) is 0 Å². The number of pyridine rings is 2. The zero-order chi connectivity index (χ0) is 34.6. The number of hydrogen-bond acceptors (Lipinski definition) is 8. The van der Waals surface area contributed by atoms with Crippen molar-refractivity contribution >= 4 is 40.0 Å². The number of fused-ring (bicyclic) bond motifs is 3. The van der Waals surface area contributed by atoms with Gasteiger partial charge < -0.3 is 24.0 Å². The molecular formula is C42H36IrN9-5. The Balaban J connectivity index is 0.000000196. The van der Waals surface area contributed by atoms with Gasteiger partial charge in [-0.25, -0.2) is 15.0 Å². The maximum Gasteiger partial charge on any atom is 0.124 e. The van der Waals surface area contributed by atoms with Gasteiger partial charge in [0.15, 0.2) is 0 Å². The van der Waals surface area contributed by atoms with Gasteiger partial charge in [-0.3, -0.25) is 4.98 Å². The molecule has 7 aromatic rings. The summed E-state index contributed by atoms with van der Waals surface area (Å²) in [5.41, 5.74) is 9.20. The van der Waals surface area contributed by atoms with Crippen LogP contribution in [0.15, 0.2) is 122 Å². The number of benzene rings is 3. The van der Waals surface area contributed by atoms with Crippen molar-refractivity contribution in [3.8, 4) is 11.3 Å². The Labute approximate surface area is 318 Å². The van der Waals surface area contributed by atoms with Gasteiger partial charge in [0.05, 0.1) is 5.69 Å². The molecule has 0 N–H and O–H groups in total. The molecule has 4 aromatic heterocycles. The second-order valence-corrected chi connectivity index (χ2v) is 12.3. The van der Waals surface area contributed by atoms with Crippen LogP contribution in [0.25, 0.3) is 16.9 Å². The molecule has 2 aliphatic heterocycles. The van der Waals surface area contributed by atoms with E-state index in [0.717, 1.165) is 88.6 Å². The van der Waals surface area contributed by atoms with Crippen LogP contribution in [0.3, 0.4) is 0 Å². The van der Waals surface area contributed by atoms with E-state index in [1.165, 1.54) is 0 Å². The van der Waals surface area contributed by atoms with Crippen LogP contribution in [-0.2, 0) is 20.1 Å². The zero-order valence-electron chi connectivity index (χ0n) is 28.9. The predicted molar refractivity (Wildman–Crippen MR) is 203 cm³/mol. The van der Waals surface area contributed by atoms with Gasteiger partial charge >= 0.3 is 0 Å². The smallest absolute Gasteiger partial charge is 0.124 e. The Morgan fingerprint density at radius 1 is 0.615 bits per heavy atom. The molecule has 2 aliphatic rings. The summed E-state index contributed by atoms with van der Waals surface area (Å²) in [6, 6.07) is 41.9. The van der Waals surface area contributed by atoms with E-state index < -0.39 is 0 Å². The Bertz CT molecular complexity index is 2130. The van der Waals surface area contributed by atoms with E-state index in [2.05, 4.69) is 107 Å². The average molecular weight is 859 g/mol. The summed E-state index contributed by atoms with van der Waals surface area (Å²) in [6.07, 6.45) is 9.53. The number of hydrogen-bond donors (Lipinski definition) is 0. The van der Waals surface area contributed by atoms with E-state index in [-0.39, 0.29) is 20.1 Å². The van der Waals surface area contributed by atoms with Crippen LogP contribution in [-0.4, -0.2) is 37.4 Å². The van der Waals surface area contributed by atoms with Crippen LogP contribution in [0.1, 0.15) is 24.2 Å². The molecule has 6 heterocycles. The van der Waals surface area contributed by atoms with E-state index in [9.17, 15) is 0 Å². The van der Waals surface area contributed by atoms with E-state index in [1.54, 1.807) is 6.20 Å².